The minimum Gasteiger partial charge on any atom is -0.481 e. The number of carbonyl (C=O) groups excluding carboxylic acids is 1. The number of nitrogens with one attached hydrogen (secondary N) is 2. The van der Waals surface area contributed by atoms with Crippen molar-refractivity contribution < 1.29 is 24.6 Å². The maximum absolute atomic E-state index is 11.5. The first-order chi connectivity index (χ1) is 9.73. The number of hydrogen-bond acceptors (Lipinski definition) is 4. The van der Waals surface area contributed by atoms with E-state index in [1.54, 1.807) is 0 Å². The van der Waals surface area contributed by atoms with Crippen molar-refractivity contribution in [3.63, 3.8) is 0 Å². The van der Waals surface area contributed by atoms with Crippen LogP contribution in [-0.2, 0) is 9.59 Å². The molecule has 0 saturated heterocycles. The van der Waals surface area contributed by atoms with Crippen molar-refractivity contribution in [3.8, 4) is 0 Å². The van der Waals surface area contributed by atoms with Gasteiger partial charge in [-0.2, -0.15) is 0 Å². The van der Waals surface area contributed by atoms with Gasteiger partial charge in [0.15, 0.2) is 0 Å². The number of amides is 2. The second-order valence-electron chi connectivity index (χ2n) is 5.15. The number of carbonyl (C=O) groups is 3. The molecule has 1 atom stereocenters. The van der Waals surface area contributed by atoms with Crippen LogP contribution in [0.15, 0.2) is 0 Å². The molecule has 4 N–H and O–H groups in total. The lowest BCUT2D eigenvalue weighted by Gasteiger charge is -2.21. The molecule has 0 aliphatic rings. The van der Waals surface area contributed by atoms with Crippen LogP contribution < -0.4 is 10.6 Å². The first-order valence-corrected chi connectivity index (χ1v) is 6.93. The molecule has 0 aromatic heterocycles. The van der Waals surface area contributed by atoms with Gasteiger partial charge in [-0.25, -0.2) is 9.59 Å². The van der Waals surface area contributed by atoms with Crippen molar-refractivity contribution in [2.24, 2.45) is 0 Å². The first kappa shape index (κ1) is 19.2. The number of urea groups is 1. The lowest BCUT2D eigenvalue weighted by Crippen LogP contribution is -2.46. The average Bonchev–Trinajstić information content (AvgIpc) is 2.38. The molecular formula is C13H25N3O5. The fourth-order valence-corrected chi connectivity index (χ4v) is 1.52. The molecule has 0 radical (unpaired) electrons. The van der Waals surface area contributed by atoms with E-state index in [4.69, 9.17) is 10.2 Å². The van der Waals surface area contributed by atoms with Gasteiger partial charge in [-0.15, -0.1) is 0 Å². The van der Waals surface area contributed by atoms with E-state index in [-0.39, 0.29) is 12.8 Å². The molecule has 0 heterocycles. The van der Waals surface area contributed by atoms with Crippen LogP contribution in [0.4, 0.5) is 4.79 Å². The Bertz CT molecular complexity index is 360. The van der Waals surface area contributed by atoms with Gasteiger partial charge in [-0.3, -0.25) is 4.79 Å². The first-order valence-electron chi connectivity index (χ1n) is 6.93. The zero-order valence-electron chi connectivity index (χ0n) is 12.8. The Balaban J connectivity index is 3.98. The molecule has 0 unspecified atom stereocenters. The van der Waals surface area contributed by atoms with Crippen LogP contribution in [0.3, 0.4) is 0 Å². The lowest BCUT2D eigenvalue weighted by molar-refractivity contribution is -0.140. The largest absolute Gasteiger partial charge is 0.481 e. The zero-order valence-corrected chi connectivity index (χ0v) is 12.8. The van der Waals surface area contributed by atoms with Gasteiger partial charge in [0.25, 0.3) is 0 Å². The second-order valence-corrected chi connectivity index (χ2v) is 5.15. The van der Waals surface area contributed by atoms with E-state index in [1.807, 2.05) is 7.05 Å². The fraction of sp³-hybridized carbons (Fsp3) is 0.769. The normalized spacial score (nSPS) is 12.2. The number of carboxylic acids is 2. The molecule has 0 aromatic carbocycles. The van der Waals surface area contributed by atoms with Crippen molar-refractivity contribution in [2.75, 3.05) is 20.1 Å². The molecule has 8 nitrogen and oxygen atoms in total. The molecule has 2 amide bonds. The third kappa shape index (κ3) is 9.67. The van der Waals surface area contributed by atoms with Crippen LogP contribution in [0, 0.1) is 0 Å². The predicted molar refractivity (Wildman–Crippen MR) is 77.2 cm³/mol. The summed E-state index contributed by atoms with van der Waals surface area (Å²) in [5.74, 6) is -2.34. The topological polar surface area (TPSA) is 119 Å². The molecule has 8 heteroatoms. The summed E-state index contributed by atoms with van der Waals surface area (Å²) in [6.07, 6.45) is 0.291. The summed E-state index contributed by atoms with van der Waals surface area (Å²) in [7, 11) is 1.98. The van der Waals surface area contributed by atoms with Crippen LogP contribution in [-0.4, -0.2) is 65.3 Å². The van der Waals surface area contributed by atoms with Crippen LogP contribution in [0.25, 0.3) is 0 Å². The Labute approximate surface area is 124 Å². The predicted octanol–water partition coefficient (Wildman–Crippen LogP) is 0.334. The van der Waals surface area contributed by atoms with Crippen LogP contribution >= 0.6 is 0 Å². The number of aliphatic carboxylic acids is 2. The smallest absolute Gasteiger partial charge is 0.326 e. The Hall–Kier alpha value is -1.83. The molecule has 0 rings (SSSR count). The highest BCUT2D eigenvalue weighted by Gasteiger charge is 2.20. The Morgan fingerprint density at radius 2 is 1.81 bits per heavy atom. The summed E-state index contributed by atoms with van der Waals surface area (Å²) < 4.78 is 0. The van der Waals surface area contributed by atoms with E-state index in [9.17, 15) is 14.4 Å². The van der Waals surface area contributed by atoms with Gasteiger partial charge in [0.1, 0.15) is 6.04 Å². The zero-order chi connectivity index (χ0) is 16.4. The number of nitrogens with zero attached hydrogens (tertiary/aromatic N) is 1. The van der Waals surface area contributed by atoms with Gasteiger partial charge in [-0.05, 0) is 40.3 Å². The molecule has 0 saturated carbocycles. The van der Waals surface area contributed by atoms with Crippen molar-refractivity contribution in [2.45, 2.75) is 45.2 Å². The molecule has 0 aromatic rings. The molecular weight excluding hydrogens is 278 g/mol. The average molecular weight is 303 g/mol. The summed E-state index contributed by atoms with van der Waals surface area (Å²) in [5.41, 5.74) is 0. The van der Waals surface area contributed by atoms with Crippen molar-refractivity contribution in [1.29, 1.82) is 0 Å². The molecule has 0 aliphatic heterocycles. The van der Waals surface area contributed by atoms with Gasteiger partial charge in [0.2, 0.25) is 0 Å². The number of rotatable bonds is 10. The molecule has 122 valence electrons. The summed E-state index contributed by atoms with van der Waals surface area (Å²) >= 11 is 0. The van der Waals surface area contributed by atoms with E-state index in [1.165, 1.54) is 0 Å². The van der Waals surface area contributed by atoms with Crippen LogP contribution in [0.1, 0.15) is 33.1 Å². The van der Waals surface area contributed by atoms with Gasteiger partial charge >= 0.3 is 18.0 Å². The van der Waals surface area contributed by atoms with Crippen molar-refractivity contribution in [1.82, 2.24) is 15.5 Å². The van der Waals surface area contributed by atoms with E-state index < -0.39 is 24.0 Å². The van der Waals surface area contributed by atoms with Gasteiger partial charge in [0.05, 0.1) is 0 Å². The highest BCUT2D eigenvalue weighted by molar-refractivity contribution is 5.82. The number of hydrogen-bond donors (Lipinski definition) is 4. The minimum absolute atomic E-state index is 0.145. The molecule has 0 spiro atoms. The van der Waals surface area contributed by atoms with Crippen LogP contribution in [0.5, 0.6) is 0 Å². The quantitative estimate of drug-likeness (QED) is 0.432. The van der Waals surface area contributed by atoms with Crippen LogP contribution in [0.2, 0.25) is 0 Å². The highest BCUT2D eigenvalue weighted by Crippen LogP contribution is 1.98. The van der Waals surface area contributed by atoms with E-state index in [0.29, 0.717) is 12.6 Å². The minimum atomic E-state index is -1.24. The molecule has 0 aliphatic carbocycles. The second kappa shape index (κ2) is 9.98. The SMILES string of the molecule is CC(C)N(C)CCCNC(=O)N[C@@H](CCC(=O)O)C(=O)O. The summed E-state index contributed by atoms with van der Waals surface area (Å²) in [5, 5.41) is 22.2. The van der Waals surface area contributed by atoms with Crippen molar-refractivity contribution >= 4 is 18.0 Å². The fourth-order valence-electron chi connectivity index (χ4n) is 1.52. The van der Waals surface area contributed by atoms with Crippen molar-refractivity contribution in [3.05, 3.63) is 0 Å². The molecule has 21 heavy (non-hydrogen) atoms. The summed E-state index contributed by atoms with van der Waals surface area (Å²) in [6, 6.07) is -1.37. The van der Waals surface area contributed by atoms with Gasteiger partial charge in [0, 0.05) is 19.0 Å². The monoisotopic (exact) mass is 303 g/mol. The summed E-state index contributed by atoms with van der Waals surface area (Å²) in [4.78, 5) is 35.0. The van der Waals surface area contributed by atoms with E-state index in [0.717, 1.165) is 13.0 Å². The lowest BCUT2D eigenvalue weighted by atomic mass is 10.1. The van der Waals surface area contributed by atoms with Gasteiger partial charge in [-0.1, -0.05) is 0 Å². The van der Waals surface area contributed by atoms with Gasteiger partial charge < -0.3 is 25.7 Å². The third-order valence-electron chi connectivity index (χ3n) is 3.10. The van der Waals surface area contributed by atoms with E-state index in [2.05, 4.69) is 29.4 Å². The Morgan fingerprint density at radius 3 is 2.29 bits per heavy atom. The third-order valence-corrected chi connectivity index (χ3v) is 3.10. The highest BCUT2D eigenvalue weighted by atomic mass is 16.4. The Kier molecular flexibility index (Phi) is 9.11. The standard InChI is InChI=1S/C13H25N3O5/c1-9(2)16(3)8-4-7-14-13(21)15-10(12(19)20)5-6-11(17)18/h9-10H,4-8H2,1-3H3,(H,17,18)(H,19,20)(H2,14,15,21)/t10-/m0/s1. The maximum Gasteiger partial charge on any atom is 0.326 e. The Morgan fingerprint density at radius 1 is 1.19 bits per heavy atom. The molecule has 0 fully saturated rings. The number of carboxylic acid groups (broad SMARTS) is 2. The van der Waals surface area contributed by atoms with E-state index >= 15 is 0 Å². The summed E-state index contributed by atoms with van der Waals surface area (Å²) in [6.45, 7) is 5.38. The maximum atomic E-state index is 11.5. The molecule has 0 bridgehead atoms.